The van der Waals surface area contributed by atoms with E-state index >= 15 is 0 Å². The number of para-hydroxylation sites is 2. The molecule has 0 amide bonds. The number of imidazole rings is 1. The first-order valence-electron chi connectivity index (χ1n) is 10.4. The number of nitrogens with two attached hydrogens (primary N) is 1. The molecule has 0 saturated carbocycles. The van der Waals surface area contributed by atoms with Crippen LogP contribution in [0.5, 0.6) is 0 Å². The van der Waals surface area contributed by atoms with Crippen molar-refractivity contribution in [3.8, 4) is 0 Å². The van der Waals surface area contributed by atoms with E-state index in [1.807, 2.05) is 6.92 Å². The third-order valence-corrected chi connectivity index (χ3v) is 5.04. The van der Waals surface area contributed by atoms with Crippen molar-refractivity contribution >= 4 is 28.4 Å². The number of hydrogen-bond donors (Lipinski definition) is 3. The van der Waals surface area contributed by atoms with Crippen molar-refractivity contribution in [3.63, 3.8) is 0 Å². The Bertz CT molecular complexity index is 1070. The Morgan fingerprint density at radius 2 is 2.12 bits per heavy atom. The molecule has 4 rings (SSSR count). The summed E-state index contributed by atoms with van der Waals surface area (Å²) in [7, 11) is 0. The van der Waals surface area contributed by atoms with Crippen molar-refractivity contribution in [2.24, 2.45) is 5.73 Å². The largest absolute Gasteiger partial charge is 0.449 e. The van der Waals surface area contributed by atoms with Crippen molar-refractivity contribution in [3.05, 3.63) is 42.0 Å². The van der Waals surface area contributed by atoms with Crippen molar-refractivity contribution in [1.82, 2.24) is 29.9 Å². The van der Waals surface area contributed by atoms with E-state index in [1.54, 1.807) is 30.5 Å². The molecule has 0 bridgehead atoms. The normalized spacial score (nSPS) is 18.6. The lowest BCUT2D eigenvalue weighted by molar-refractivity contribution is -0.146. The molecule has 13 heteroatoms. The van der Waals surface area contributed by atoms with Crippen LogP contribution in [0.15, 0.2) is 30.5 Å². The third kappa shape index (κ3) is 6.85. The average molecular weight is 486 g/mol. The molecule has 180 valence electrons. The Kier molecular flexibility index (Phi) is 8.21. The standard InChI is InChI=1S/C17H18F3N5O2.C3H8N2S/c18-17(19,20)16-21-14-3-1-2-4-15(14)25(16)9-11-8-24(23-22-11)10-13-7-12(26)5-6-27-13;1-2-5-3(4)6/h1-4,8,12-13,26H,5-7,9-10H2;2H2,1H3,(H3,4,5,6). The van der Waals surface area contributed by atoms with Gasteiger partial charge in [0.2, 0.25) is 5.82 Å². The summed E-state index contributed by atoms with van der Waals surface area (Å²) in [5, 5.41) is 20.8. The smallest absolute Gasteiger partial charge is 0.393 e. The van der Waals surface area contributed by atoms with Crippen molar-refractivity contribution in [2.45, 2.75) is 51.2 Å². The Hall–Kier alpha value is -2.77. The maximum absolute atomic E-state index is 13.4. The zero-order valence-corrected chi connectivity index (χ0v) is 18.8. The summed E-state index contributed by atoms with van der Waals surface area (Å²) < 4.78 is 48.3. The summed E-state index contributed by atoms with van der Waals surface area (Å²) in [5.41, 5.74) is 6.08. The molecule has 0 spiro atoms. The zero-order chi connectivity index (χ0) is 24.0. The van der Waals surface area contributed by atoms with Crippen LogP contribution in [0.3, 0.4) is 0 Å². The second-order valence-electron chi connectivity index (χ2n) is 7.51. The number of aliphatic hydroxyl groups excluding tert-OH is 1. The van der Waals surface area contributed by atoms with Gasteiger partial charge in [-0.1, -0.05) is 17.3 Å². The number of thiocarbonyl (C=S) groups is 1. The number of nitrogens with zero attached hydrogens (tertiary/aromatic N) is 5. The van der Waals surface area contributed by atoms with Crippen LogP contribution in [0.4, 0.5) is 13.2 Å². The maximum Gasteiger partial charge on any atom is 0.449 e. The molecule has 1 aliphatic heterocycles. The second kappa shape index (κ2) is 10.9. The third-order valence-electron chi connectivity index (χ3n) is 4.90. The number of ether oxygens (including phenoxy) is 1. The Morgan fingerprint density at radius 3 is 2.76 bits per heavy atom. The van der Waals surface area contributed by atoms with Gasteiger partial charge in [0, 0.05) is 19.6 Å². The van der Waals surface area contributed by atoms with Gasteiger partial charge in [0.25, 0.3) is 0 Å². The minimum atomic E-state index is -4.57. The predicted octanol–water partition coefficient (Wildman–Crippen LogP) is 2.07. The monoisotopic (exact) mass is 485 g/mol. The molecule has 1 fully saturated rings. The van der Waals surface area contributed by atoms with Crippen LogP contribution in [-0.4, -0.2) is 60.1 Å². The van der Waals surface area contributed by atoms with Gasteiger partial charge >= 0.3 is 6.18 Å². The van der Waals surface area contributed by atoms with Gasteiger partial charge in [0.05, 0.1) is 42.5 Å². The van der Waals surface area contributed by atoms with E-state index < -0.39 is 18.1 Å². The van der Waals surface area contributed by atoms with E-state index in [2.05, 4.69) is 32.8 Å². The minimum Gasteiger partial charge on any atom is -0.393 e. The predicted molar refractivity (Wildman–Crippen MR) is 119 cm³/mol. The van der Waals surface area contributed by atoms with E-state index in [0.717, 1.165) is 11.1 Å². The Balaban J connectivity index is 0.000000454. The number of aromatic nitrogens is 5. The number of halogens is 3. The molecular formula is C20H26F3N7O2S. The fourth-order valence-corrected chi connectivity index (χ4v) is 3.63. The van der Waals surface area contributed by atoms with Gasteiger partial charge in [0.15, 0.2) is 5.11 Å². The summed E-state index contributed by atoms with van der Waals surface area (Å²) in [6.07, 6.45) is -2.46. The second-order valence-corrected chi connectivity index (χ2v) is 7.95. The van der Waals surface area contributed by atoms with Gasteiger partial charge in [-0.3, -0.25) is 0 Å². The highest BCUT2D eigenvalue weighted by Gasteiger charge is 2.37. The number of alkyl halides is 3. The molecule has 1 aliphatic rings. The summed E-state index contributed by atoms with van der Waals surface area (Å²) in [6, 6.07) is 6.46. The molecule has 33 heavy (non-hydrogen) atoms. The molecule has 0 radical (unpaired) electrons. The summed E-state index contributed by atoms with van der Waals surface area (Å²) in [5.74, 6) is -0.961. The fourth-order valence-electron chi connectivity index (χ4n) is 3.48. The van der Waals surface area contributed by atoms with Crippen molar-refractivity contribution in [2.75, 3.05) is 13.2 Å². The first-order valence-corrected chi connectivity index (χ1v) is 10.8. The van der Waals surface area contributed by atoms with E-state index in [-0.39, 0.29) is 18.2 Å². The number of aliphatic hydroxyl groups is 1. The van der Waals surface area contributed by atoms with Gasteiger partial charge in [-0.25, -0.2) is 9.67 Å². The van der Waals surface area contributed by atoms with Crippen LogP contribution in [-0.2, 0) is 24.0 Å². The highest BCUT2D eigenvalue weighted by Crippen LogP contribution is 2.31. The lowest BCUT2D eigenvalue weighted by Gasteiger charge is -2.26. The molecule has 3 heterocycles. The van der Waals surface area contributed by atoms with Gasteiger partial charge in [0.1, 0.15) is 5.69 Å². The van der Waals surface area contributed by atoms with Gasteiger partial charge in [-0.2, -0.15) is 13.2 Å². The molecule has 3 aromatic rings. The highest BCUT2D eigenvalue weighted by molar-refractivity contribution is 7.80. The molecule has 2 unspecified atom stereocenters. The number of benzene rings is 1. The summed E-state index contributed by atoms with van der Waals surface area (Å²) >= 11 is 4.46. The van der Waals surface area contributed by atoms with Gasteiger partial charge < -0.3 is 25.5 Å². The van der Waals surface area contributed by atoms with Crippen LogP contribution >= 0.6 is 12.2 Å². The van der Waals surface area contributed by atoms with Gasteiger partial charge in [-0.05, 0) is 37.7 Å². The van der Waals surface area contributed by atoms with Crippen LogP contribution in [0, 0.1) is 0 Å². The van der Waals surface area contributed by atoms with Crippen LogP contribution in [0.25, 0.3) is 11.0 Å². The van der Waals surface area contributed by atoms with Crippen molar-refractivity contribution < 1.29 is 23.0 Å². The van der Waals surface area contributed by atoms with E-state index in [9.17, 15) is 18.3 Å². The number of rotatable bonds is 5. The summed E-state index contributed by atoms with van der Waals surface area (Å²) in [4.78, 5) is 3.72. The number of fused-ring (bicyclic) bond motifs is 1. The molecule has 1 saturated heterocycles. The minimum absolute atomic E-state index is 0.0937. The Labute approximate surface area is 193 Å². The quantitative estimate of drug-likeness (QED) is 0.471. The van der Waals surface area contributed by atoms with E-state index in [0.29, 0.717) is 42.3 Å². The topological polar surface area (TPSA) is 116 Å². The zero-order valence-electron chi connectivity index (χ0n) is 18.0. The number of hydrogen-bond acceptors (Lipinski definition) is 6. The summed E-state index contributed by atoms with van der Waals surface area (Å²) in [6.45, 7) is 3.53. The first-order chi connectivity index (χ1) is 15.7. The van der Waals surface area contributed by atoms with E-state index in [1.165, 1.54) is 4.68 Å². The lowest BCUT2D eigenvalue weighted by Crippen LogP contribution is -2.32. The molecule has 4 N–H and O–H groups in total. The highest BCUT2D eigenvalue weighted by atomic mass is 32.1. The first kappa shape index (κ1) is 24.9. The van der Waals surface area contributed by atoms with Crippen molar-refractivity contribution in [1.29, 1.82) is 0 Å². The van der Waals surface area contributed by atoms with Crippen LogP contribution in [0.1, 0.15) is 31.3 Å². The molecule has 0 aliphatic carbocycles. The molecular weight excluding hydrogens is 459 g/mol. The maximum atomic E-state index is 13.4. The van der Waals surface area contributed by atoms with E-state index in [4.69, 9.17) is 10.5 Å². The molecule has 2 atom stereocenters. The van der Waals surface area contributed by atoms with Gasteiger partial charge in [-0.15, -0.1) is 5.10 Å². The molecule has 9 nitrogen and oxygen atoms in total. The lowest BCUT2D eigenvalue weighted by atomic mass is 10.1. The average Bonchev–Trinajstić information content (AvgIpc) is 3.33. The fraction of sp³-hybridized carbons (Fsp3) is 0.500. The van der Waals surface area contributed by atoms with Crippen LogP contribution in [0.2, 0.25) is 0 Å². The number of nitrogens with one attached hydrogen (secondary N) is 1. The molecule has 1 aromatic carbocycles. The SMILES string of the molecule is CCNC(N)=S.OC1CCOC(Cn2cc(Cn3c(C(F)(F)F)nc4ccccc43)nn2)C1. The van der Waals surface area contributed by atoms with Crippen LogP contribution < -0.4 is 11.1 Å². The molecule has 2 aromatic heterocycles. The Morgan fingerprint density at radius 1 is 1.36 bits per heavy atom.